The van der Waals surface area contributed by atoms with Crippen molar-refractivity contribution in [1.29, 1.82) is 0 Å². The largest absolute Gasteiger partial charge is 0.468 e. The highest BCUT2D eigenvalue weighted by Crippen LogP contribution is 2.33. The summed E-state index contributed by atoms with van der Waals surface area (Å²) < 4.78 is 20.2. The van der Waals surface area contributed by atoms with E-state index in [1.807, 2.05) is 78.9 Å². The van der Waals surface area contributed by atoms with Crippen LogP contribution in [-0.2, 0) is 38.1 Å². The zero-order chi connectivity index (χ0) is 29.4. The van der Waals surface area contributed by atoms with Crippen molar-refractivity contribution >= 4 is 35.7 Å². The molecule has 0 aromatic heterocycles. The molecule has 0 N–H and O–H groups in total. The molecule has 3 atom stereocenters. The lowest BCUT2D eigenvalue weighted by Crippen LogP contribution is -2.51. The van der Waals surface area contributed by atoms with Crippen molar-refractivity contribution in [2.24, 2.45) is 11.3 Å². The second-order valence-corrected chi connectivity index (χ2v) is 9.28. The Balaban J connectivity index is 0.000000280. The molecule has 8 heteroatoms. The first-order valence-corrected chi connectivity index (χ1v) is 13.1. The Morgan fingerprint density at radius 1 is 0.975 bits per heavy atom. The van der Waals surface area contributed by atoms with Crippen molar-refractivity contribution in [3.63, 3.8) is 0 Å². The van der Waals surface area contributed by atoms with Crippen molar-refractivity contribution in [2.45, 2.75) is 32.8 Å². The molecule has 1 aliphatic rings. The number of carbonyl (C=O) groups excluding carboxylic acids is 4. The maximum atomic E-state index is 12.1. The summed E-state index contributed by atoms with van der Waals surface area (Å²) in [5.74, 6) is -2.07. The summed E-state index contributed by atoms with van der Waals surface area (Å²) in [4.78, 5) is 46.8. The van der Waals surface area contributed by atoms with Gasteiger partial charge in [-0.3, -0.25) is 19.2 Å². The normalized spacial score (nSPS) is 19.5. The van der Waals surface area contributed by atoms with Gasteiger partial charge in [0.2, 0.25) is 0 Å². The molecule has 8 nitrogen and oxygen atoms in total. The first-order valence-electron chi connectivity index (χ1n) is 13.1. The summed E-state index contributed by atoms with van der Waals surface area (Å²) in [6.07, 6.45) is 7.31. The van der Waals surface area contributed by atoms with E-state index in [0.29, 0.717) is 19.8 Å². The molecule has 0 spiro atoms. The van der Waals surface area contributed by atoms with Crippen LogP contribution in [0.3, 0.4) is 0 Å². The molecule has 1 aliphatic heterocycles. The van der Waals surface area contributed by atoms with Gasteiger partial charge in [-0.1, -0.05) is 85.0 Å². The van der Waals surface area contributed by atoms with Crippen LogP contribution in [0.4, 0.5) is 0 Å². The van der Waals surface area contributed by atoms with E-state index in [0.717, 1.165) is 11.1 Å². The number of methoxy groups -OCH3 is 2. The van der Waals surface area contributed by atoms with E-state index in [-0.39, 0.29) is 24.4 Å². The molecule has 1 heterocycles. The van der Waals surface area contributed by atoms with Crippen LogP contribution >= 0.6 is 0 Å². The molecule has 0 radical (unpaired) electrons. The fourth-order valence-electron chi connectivity index (χ4n) is 3.91. The van der Waals surface area contributed by atoms with Gasteiger partial charge in [0.1, 0.15) is 11.7 Å². The molecular formula is C32H38O8. The van der Waals surface area contributed by atoms with Gasteiger partial charge >= 0.3 is 11.9 Å². The molecule has 3 rings (SSSR count). The lowest BCUT2D eigenvalue weighted by Gasteiger charge is -2.35. The van der Waals surface area contributed by atoms with Crippen LogP contribution in [-0.4, -0.2) is 63.6 Å². The van der Waals surface area contributed by atoms with Gasteiger partial charge in [0.15, 0.2) is 11.2 Å². The molecule has 0 aliphatic carbocycles. The summed E-state index contributed by atoms with van der Waals surface area (Å²) in [6.45, 7) is 4.20. The van der Waals surface area contributed by atoms with Crippen LogP contribution in [0.5, 0.6) is 0 Å². The monoisotopic (exact) mass is 550 g/mol. The SMILES string of the molecule is COC(=O)C(C)C(=O)CCOC/C=C/c1ccccc1.COC(=O)[C@@]1(C)C(=O)CCO[C@@H]1/C=C/c1ccccc1. The minimum atomic E-state index is -1.27. The highest BCUT2D eigenvalue weighted by Gasteiger charge is 2.50. The Kier molecular flexibility index (Phi) is 13.7. The first-order chi connectivity index (χ1) is 19.2. The second kappa shape index (κ2) is 16.9. The van der Waals surface area contributed by atoms with Crippen LogP contribution in [0.1, 0.15) is 37.8 Å². The molecule has 0 amide bonds. The van der Waals surface area contributed by atoms with Gasteiger partial charge in [0.25, 0.3) is 0 Å². The van der Waals surface area contributed by atoms with Crippen molar-refractivity contribution in [2.75, 3.05) is 34.0 Å². The highest BCUT2D eigenvalue weighted by atomic mass is 16.5. The Morgan fingerprint density at radius 3 is 2.15 bits per heavy atom. The third kappa shape index (κ3) is 9.70. The average Bonchev–Trinajstić information content (AvgIpc) is 2.99. The van der Waals surface area contributed by atoms with Crippen molar-refractivity contribution in [3.8, 4) is 0 Å². The van der Waals surface area contributed by atoms with Crippen LogP contribution in [0.2, 0.25) is 0 Å². The van der Waals surface area contributed by atoms with Crippen LogP contribution in [0, 0.1) is 11.3 Å². The van der Waals surface area contributed by atoms with Crippen molar-refractivity contribution in [3.05, 3.63) is 83.9 Å². The number of carbonyl (C=O) groups is 4. The number of rotatable bonds is 11. The third-order valence-electron chi connectivity index (χ3n) is 6.50. The van der Waals surface area contributed by atoms with Gasteiger partial charge in [-0.05, 0) is 25.0 Å². The molecule has 0 saturated carbocycles. The first kappa shape index (κ1) is 32.3. The van der Waals surface area contributed by atoms with Gasteiger partial charge in [-0.2, -0.15) is 0 Å². The van der Waals surface area contributed by atoms with Gasteiger partial charge in [-0.15, -0.1) is 0 Å². The maximum Gasteiger partial charge on any atom is 0.322 e. The minimum Gasteiger partial charge on any atom is -0.468 e. The van der Waals surface area contributed by atoms with E-state index in [2.05, 4.69) is 4.74 Å². The summed E-state index contributed by atoms with van der Waals surface area (Å²) in [7, 11) is 2.56. The molecule has 214 valence electrons. The Hall–Kier alpha value is -3.88. The van der Waals surface area contributed by atoms with Crippen LogP contribution < -0.4 is 0 Å². The van der Waals surface area contributed by atoms with Gasteiger partial charge in [0.05, 0.1) is 40.1 Å². The Morgan fingerprint density at radius 2 is 1.57 bits per heavy atom. The van der Waals surface area contributed by atoms with Gasteiger partial charge < -0.3 is 18.9 Å². The number of benzene rings is 2. The lowest BCUT2D eigenvalue weighted by atomic mass is 9.76. The van der Waals surface area contributed by atoms with Gasteiger partial charge in [-0.25, -0.2) is 0 Å². The van der Waals surface area contributed by atoms with E-state index in [1.165, 1.54) is 14.2 Å². The minimum absolute atomic E-state index is 0.140. The van der Waals surface area contributed by atoms with E-state index in [9.17, 15) is 19.2 Å². The highest BCUT2D eigenvalue weighted by molar-refractivity contribution is 6.05. The van der Waals surface area contributed by atoms with Crippen LogP contribution in [0.15, 0.2) is 72.8 Å². The fraction of sp³-hybridized carbons (Fsp3) is 0.375. The summed E-state index contributed by atoms with van der Waals surface area (Å²) in [5, 5.41) is 0. The molecule has 0 bridgehead atoms. The smallest absolute Gasteiger partial charge is 0.322 e. The summed E-state index contributed by atoms with van der Waals surface area (Å²) in [5.41, 5.74) is 0.825. The van der Waals surface area contributed by atoms with E-state index < -0.39 is 29.4 Å². The summed E-state index contributed by atoms with van der Waals surface area (Å²) in [6, 6.07) is 19.5. The predicted molar refractivity (Wildman–Crippen MR) is 152 cm³/mol. The zero-order valence-electron chi connectivity index (χ0n) is 23.5. The molecule has 40 heavy (non-hydrogen) atoms. The standard InChI is InChI=1S/C16H18O4.C16H20O4/c1-16(15(18)19-2)13(17)10-11-20-14(16)9-8-12-6-4-3-5-7-12;1-13(16(18)19-2)15(17)10-12-20-11-6-9-14-7-4-3-5-8-14/h3-9,14H,10-11H2,1-2H3;3-9,13H,10-12H2,1-2H3/b9-8+;9-6+/t14-,16+;/m1./s1. The predicted octanol–water partition coefficient (Wildman–Crippen LogP) is 4.72. The molecule has 1 unspecified atom stereocenters. The maximum absolute atomic E-state index is 12.1. The van der Waals surface area contributed by atoms with E-state index in [4.69, 9.17) is 14.2 Å². The number of Topliss-reactive ketones (excluding diaryl/α,β-unsaturated/α-hetero) is 2. The number of esters is 2. The van der Waals surface area contributed by atoms with Crippen molar-refractivity contribution in [1.82, 2.24) is 0 Å². The van der Waals surface area contributed by atoms with Gasteiger partial charge in [0, 0.05) is 12.8 Å². The average molecular weight is 551 g/mol. The fourth-order valence-corrected chi connectivity index (χ4v) is 3.91. The molecule has 2 aromatic carbocycles. The second-order valence-electron chi connectivity index (χ2n) is 9.28. The third-order valence-corrected chi connectivity index (χ3v) is 6.50. The number of hydrogen-bond donors (Lipinski definition) is 0. The Labute approximate surface area is 236 Å². The molecule has 2 aromatic rings. The number of ether oxygens (including phenoxy) is 4. The molecule has 1 fully saturated rings. The van der Waals surface area contributed by atoms with Crippen molar-refractivity contribution < 1.29 is 38.1 Å². The number of ketones is 2. The van der Waals surface area contributed by atoms with Crippen LogP contribution in [0.25, 0.3) is 12.2 Å². The van der Waals surface area contributed by atoms with E-state index in [1.54, 1.807) is 19.9 Å². The Bertz CT molecular complexity index is 1150. The number of hydrogen-bond acceptors (Lipinski definition) is 8. The lowest BCUT2D eigenvalue weighted by molar-refractivity contribution is -0.170. The topological polar surface area (TPSA) is 105 Å². The quantitative estimate of drug-likeness (QED) is 0.225. The molecular weight excluding hydrogens is 512 g/mol. The molecule has 1 saturated heterocycles. The van der Waals surface area contributed by atoms with E-state index >= 15 is 0 Å². The zero-order valence-corrected chi connectivity index (χ0v) is 23.5. The summed E-state index contributed by atoms with van der Waals surface area (Å²) >= 11 is 0.